The van der Waals surface area contributed by atoms with Gasteiger partial charge in [-0.1, -0.05) is 13.8 Å². The fraction of sp³-hybridized carbons (Fsp3) is 0.900. The predicted octanol–water partition coefficient (Wildman–Crippen LogP) is 0.387. The van der Waals surface area contributed by atoms with Crippen LogP contribution in [0.25, 0.3) is 0 Å². The van der Waals surface area contributed by atoms with Crippen molar-refractivity contribution < 1.29 is 9.00 Å². The van der Waals surface area contributed by atoms with E-state index >= 15 is 0 Å². The molecule has 0 saturated heterocycles. The second-order valence-corrected chi connectivity index (χ2v) is 5.45. The molecule has 0 bridgehead atoms. The van der Waals surface area contributed by atoms with Crippen LogP contribution in [-0.4, -0.2) is 33.7 Å². The van der Waals surface area contributed by atoms with E-state index in [4.69, 9.17) is 5.73 Å². The molecule has 0 radical (unpaired) electrons. The van der Waals surface area contributed by atoms with E-state index in [1.807, 2.05) is 13.8 Å². The van der Waals surface area contributed by atoms with Gasteiger partial charge in [-0.15, -0.1) is 0 Å². The number of amides is 1. The number of nitrogens with one attached hydrogen (secondary N) is 1. The highest BCUT2D eigenvalue weighted by atomic mass is 32.2. The minimum atomic E-state index is -1.17. The minimum absolute atomic E-state index is 0.0766. The van der Waals surface area contributed by atoms with Crippen LogP contribution < -0.4 is 11.1 Å². The van der Waals surface area contributed by atoms with E-state index in [0.29, 0.717) is 12.3 Å². The highest BCUT2D eigenvalue weighted by molar-refractivity contribution is 7.86. The zero-order valence-corrected chi connectivity index (χ0v) is 10.6. The van der Waals surface area contributed by atoms with Gasteiger partial charge < -0.3 is 11.1 Å². The molecule has 1 amide bonds. The molecule has 0 aromatic rings. The smallest absolute Gasteiger partial charge is 0.235 e. The lowest BCUT2D eigenvalue weighted by atomic mass is 10.3. The van der Waals surface area contributed by atoms with Crippen LogP contribution in [-0.2, 0) is 15.6 Å². The van der Waals surface area contributed by atoms with Crippen LogP contribution in [0, 0.1) is 0 Å². The second-order valence-electron chi connectivity index (χ2n) is 3.65. The SMILES string of the molecule is CCCNC(=O)C(C)S(=O)CC(N)CC. The topological polar surface area (TPSA) is 72.2 Å². The zero-order chi connectivity index (χ0) is 11.8. The van der Waals surface area contributed by atoms with E-state index in [1.54, 1.807) is 6.92 Å². The summed E-state index contributed by atoms with van der Waals surface area (Å²) in [5.41, 5.74) is 5.69. The highest BCUT2D eigenvalue weighted by Crippen LogP contribution is 2.00. The van der Waals surface area contributed by atoms with Crippen LogP contribution in [0.4, 0.5) is 0 Å². The van der Waals surface area contributed by atoms with Crippen molar-refractivity contribution in [3.8, 4) is 0 Å². The fourth-order valence-corrected chi connectivity index (χ4v) is 2.25. The van der Waals surface area contributed by atoms with E-state index < -0.39 is 16.0 Å². The van der Waals surface area contributed by atoms with Gasteiger partial charge in [0.05, 0.1) is 0 Å². The Kier molecular flexibility index (Phi) is 7.60. The first-order chi connectivity index (χ1) is 7.02. The monoisotopic (exact) mass is 234 g/mol. The standard InChI is InChI=1S/C10H22N2O2S/c1-4-6-12-10(13)8(3)15(14)7-9(11)5-2/h8-9H,4-7,11H2,1-3H3,(H,12,13). The van der Waals surface area contributed by atoms with Crippen LogP contribution in [0.1, 0.15) is 33.6 Å². The third kappa shape index (κ3) is 5.89. The van der Waals surface area contributed by atoms with E-state index in [1.165, 1.54) is 0 Å². The lowest BCUT2D eigenvalue weighted by Crippen LogP contribution is -2.39. The maximum atomic E-state index is 11.7. The van der Waals surface area contributed by atoms with Crippen molar-refractivity contribution in [2.75, 3.05) is 12.3 Å². The lowest BCUT2D eigenvalue weighted by molar-refractivity contribution is -0.120. The molecular weight excluding hydrogens is 212 g/mol. The molecule has 0 aliphatic carbocycles. The van der Waals surface area contributed by atoms with Gasteiger partial charge in [-0.05, 0) is 19.8 Å². The number of hydrogen-bond acceptors (Lipinski definition) is 3. The fourth-order valence-electron chi connectivity index (χ4n) is 0.984. The molecule has 3 atom stereocenters. The maximum Gasteiger partial charge on any atom is 0.235 e. The summed E-state index contributed by atoms with van der Waals surface area (Å²) >= 11 is 0. The molecule has 5 heteroatoms. The molecule has 0 aliphatic rings. The minimum Gasteiger partial charge on any atom is -0.355 e. The Bertz CT molecular complexity index is 221. The Hall–Kier alpha value is -0.420. The van der Waals surface area contributed by atoms with Gasteiger partial charge in [-0.2, -0.15) is 0 Å². The molecule has 0 aromatic carbocycles. The lowest BCUT2D eigenvalue weighted by Gasteiger charge is -2.14. The third-order valence-electron chi connectivity index (χ3n) is 2.22. The van der Waals surface area contributed by atoms with Crippen LogP contribution >= 0.6 is 0 Å². The molecular formula is C10H22N2O2S. The van der Waals surface area contributed by atoms with Gasteiger partial charge in [-0.3, -0.25) is 9.00 Å². The molecule has 0 fully saturated rings. The molecule has 0 saturated carbocycles. The van der Waals surface area contributed by atoms with E-state index in [9.17, 15) is 9.00 Å². The average molecular weight is 234 g/mol. The predicted molar refractivity (Wildman–Crippen MR) is 64.0 cm³/mol. The van der Waals surface area contributed by atoms with Gasteiger partial charge in [-0.25, -0.2) is 0 Å². The second kappa shape index (κ2) is 7.82. The van der Waals surface area contributed by atoms with Crippen molar-refractivity contribution in [2.24, 2.45) is 5.73 Å². The molecule has 0 heterocycles. The summed E-state index contributed by atoms with van der Waals surface area (Å²) < 4.78 is 11.7. The first-order valence-corrected chi connectivity index (χ1v) is 6.81. The average Bonchev–Trinajstić information content (AvgIpc) is 2.24. The summed E-state index contributed by atoms with van der Waals surface area (Å²) in [6.07, 6.45) is 1.68. The summed E-state index contributed by atoms with van der Waals surface area (Å²) in [6, 6.07) is -0.0766. The van der Waals surface area contributed by atoms with E-state index in [-0.39, 0.29) is 11.9 Å². The number of carbonyl (C=O) groups excluding carboxylic acids is 1. The van der Waals surface area contributed by atoms with Crippen LogP contribution in [0.5, 0.6) is 0 Å². The van der Waals surface area contributed by atoms with Gasteiger partial charge in [0.25, 0.3) is 0 Å². The number of carbonyl (C=O) groups is 1. The van der Waals surface area contributed by atoms with E-state index in [2.05, 4.69) is 5.32 Å². The van der Waals surface area contributed by atoms with Crippen LogP contribution in [0.2, 0.25) is 0 Å². The molecule has 4 nitrogen and oxygen atoms in total. The molecule has 0 aliphatic heterocycles. The summed E-state index contributed by atoms with van der Waals surface area (Å²) in [4.78, 5) is 11.5. The summed E-state index contributed by atoms with van der Waals surface area (Å²) in [7, 11) is -1.17. The van der Waals surface area contributed by atoms with Crippen molar-refractivity contribution in [2.45, 2.75) is 44.9 Å². The highest BCUT2D eigenvalue weighted by Gasteiger charge is 2.20. The van der Waals surface area contributed by atoms with Gasteiger partial charge in [0.1, 0.15) is 5.25 Å². The third-order valence-corrected chi connectivity index (χ3v) is 3.97. The van der Waals surface area contributed by atoms with Gasteiger partial charge >= 0.3 is 0 Å². The van der Waals surface area contributed by atoms with Crippen molar-refractivity contribution in [1.82, 2.24) is 5.32 Å². The van der Waals surface area contributed by atoms with Crippen molar-refractivity contribution in [3.63, 3.8) is 0 Å². The van der Waals surface area contributed by atoms with Crippen LogP contribution in [0.3, 0.4) is 0 Å². The summed E-state index contributed by atoms with van der Waals surface area (Å²) in [6.45, 7) is 6.25. The van der Waals surface area contributed by atoms with Crippen molar-refractivity contribution in [3.05, 3.63) is 0 Å². The summed E-state index contributed by atoms with van der Waals surface area (Å²) in [5, 5.41) is 2.27. The van der Waals surface area contributed by atoms with Gasteiger partial charge in [0.2, 0.25) is 5.91 Å². The first kappa shape index (κ1) is 14.6. The molecule has 15 heavy (non-hydrogen) atoms. The van der Waals surface area contributed by atoms with Gasteiger partial charge in [0.15, 0.2) is 0 Å². The van der Waals surface area contributed by atoms with Gasteiger partial charge in [0, 0.05) is 29.1 Å². The zero-order valence-electron chi connectivity index (χ0n) is 9.79. The first-order valence-electron chi connectivity index (χ1n) is 5.43. The normalized spacial score (nSPS) is 16.8. The number of hydrogen-bond donors (Lipinski definition) is 2. The quantitative estimate of drug-likeness (QED) is 0.669. The molecule has 3 N–H and O–H groups in total. The molecule has 90 valence electrons. The van der Waals surface area contributed by atoms with E-state index in [0.717, 1.165) is 12.8 Å². The van der Waals surface area contributed by atoms with Crippen LogP contribution in [0.15, 0.2) is 0 Å². The largest absolute Gasteiger partial charge is 0.355 e. The summed E-state index contributed by atoms with van der Waals surface area (Å²) in [5.74, 6) is 0.260. The Labute approximate surface area is 94.4 Å². The Morgan fingerprint density at radius 3 is 2.53 bits per heavy atom. The maximum absolute atomic E-state index is 11.7. The molecule has 0 aromatic heterocycles. The number of rotatable bonds is 7. The molecule has 0 spiro atoms. The Balaban J connectivity index is 4.02. The molecule has 0 rings (SSSR count). The molecule has 3 unspecified atom stereocenters. The van der Waals surface area contributed by atoms with Crippen molar-refractivity contribution in [1.29, 1.82) is 0 Å². The Morgan fingerprint density at radius 2 is 2.07 bits per heavy atom. The van der Waals surface area contributed by atoms with Crippen molar-refractivity contribution >= 4 is 16.7 Å². The number of nitrogens with two attached hydrogens (primary N) is 1. The Morgan fingerprint density at radius 1 is 1.47 bits per heavy atom.